The maximum absolute atomic E-state index is 14.9. The molecule has 4 atom stereocenters. The number of ether oxygens (including phenoxy) is 2. The van der Waals surface area contributed by atoms with Crippen LogP contribution in [-0.4, -0.2) is 12.6 Å². The van der Waals surface area contributed by atoms with E-state index < -0.39 is 17.6 Å². The van der Waals surface area contributed by atoms with E-state index in [9.17, 15) is 13.6 Å². The largest absolute Gasteiger partial charge is 0.486 e. The lowest BCUT2D eigenvalue weighted by molar-refractivity contribution is 0.0729. The zero-order chi connectivity index (χ0) is 24.8. The topological polar surface area (TPSA) is 35.5 Å². The van der Waals surface area contributed by atoms with Gasteiger partial charge in [0, 0.05) is 6.07 Å². The van der Waals surface area contributed by atoms with Crippen molar-refractivity contribution in [3.63, 3.8) is 0 Å². The van der Waals surface area contributed by atoms with Gasteiger partial charge in [0.2, 0.25) is 0 Å². The molecule has 0 saturated heterocycles. The summed E-state index contributed by atoms with van der Waals surface area (Å²) in [7, 11) is 0. The lowest BCUT2D eigenvalue weighted by Crippen LogP contribution is -2.30. The van der Waals surface area contributed by atoms with Crippen LogP contribution in [0.1, 0.15) is 73.2 Å². The summed E-state index contributed by atoms with van der Waals surface area (Å²) in [4.78, 5) is 12.5. The summed E-state index contributed by atoms with van der Waals surface area (Å²) in [6.07, 6.45) is 13.0. The van der Waals surface area contributed by atoms with Crippen LogP contribution < -0.4 is 9.47 Å². The molecule has 2 fully saturated rings. The van der Waals surface area contributed by atoms with Gasteiger partial charge in [0.25, 0.3) is 0 Å². The molecule has 3 nitrogen and oxygen atoms in total. The first-order valence-corrected chi connectivity index (χ1v) is 12.6. The third kappa shape index (κ3) is 6.19. The van der Waals surface area contributed by atoms with E-state index in [4.69, 9.17) is 9.47 Å². The van der Waals surface area contributed by atoms with E-state index in [1.54, 1.807) is 0 Å². The van der Waals surface area contributed by atoms with Crippen LogP contribution >= 0.6 is 0 Å². The van der Waals surface area contributed by atoms with E-state index in [1.165, 1.54) is 62.4 Å². The van der Waals surface area contributed by atoms with Gasteiger partial charge in [-0.2, -0.15) is 0 Å². The van der Waals surface area contributed by atoms with Gasteiger partial charge in [0.05, 0.1) is 5.56 Å². The first-order valence-electron chi connectivity index (χ1n) is 12.6. The third-order valence-corrected chi connectivity index (χ3v) is 7.66. The smallest absolute Gasteiger partial charge is 0.346 e. The Morgan fingerprint density at radius 3 is 2.49 bits per heavy atom. The highest BCUT2D eigenvalue weighted by molar-refractivity contribution is 5.91. The monoisotopic (exact) mass is 480 g/mol. The van der Waals surface area contributed by atoms with Crippen LogP contribution in [0.25, 0.3) is 0 Å². The van der Waals surface area contributed by atoms with Gasteiger partial charge >= 0.3 is 5.97 Å². The third-order valence-electron chi connectivity index (χ3n) is 7.66. The van der Waals surface area contributed by atoms with Gasteiger partial charge in [-0.1, -0.05) is 31.2 Å². The summed E-state index contributed by atoms with van der Waals surface area (Å²) in [5, 5.41) is 0. The fraction of sp³-hybridized carbons (Fsp3) is 0.433. The molecular formula is C30H34F2O3. The molecule has 0 heterocycles. The molecule has 35 heavy (non-hydrogen) atoms. The Bertz CT molecular complexity index is 1060. The van der Waals surface area contributed by atoms with Gasteiger partial charge in [-0.15, -0.1) is 6.58 Å². The van der Waals surface area contributed by atoms with Crippen molar-refractivity contribution in [1.82, 2.24) is 0 Å². The summed E-state index contributed by atoms with van der Waals surface area (Å²) < 4.78 is 39.5. The number of carbonyl (C=O) groups is 1. The first kappa shape index (κ1) is 25.2. The van der Waals surface area contributed by atoms with Crippen molar-refractivity contribution in [1.29, 1.82) is 0 Å². The molecular weight excluding hydrogens is 446 g/mol. The minimum absolute atomic E-state index is 0.0102. The predicted molar refractivity (Wildman–Crippen MR) is 134 cm³/mol. The zero-order valence-corrected chi connectivity index (χ0v) is 20.2. The van der Waals surface area contributed by atoms with Gasteiger partial charge in [0.15, 0.2) is 11.6 Å². The highest BCUT2D eigenvalue weighted by Gasteiger charge is 2.36. The van der Waals surface area contributed by atoms with Crippen LogP contribution in [0.15, 0.2) is 61.7 Å². The van der Waals surface area contributed by atoms with Crippen LogP contribution in [0.4, 0.5) is 8.78 Å². The molecule has 186 valence electrons. The molecule has 0 spiro atoms. The molecule has 0 aliphatic heterocycles. The van der Waals surface area contributed by atoms with Gasteiger partial charge in [-0.3, -0.25) is 0 Å². The number of halogens is 2. The van der Waals surface area contributed by atoms with Crippen LogP contribution in [0, 0.1) is 29.4 Å². The normalized spacial score (nSPS) is 23.7. The number of benzene rings is 2. The molecule has 5 heteroatoms. The van der Waals surface area contributed by atoms with Crippen molar-refractivity contribution in [3.8, 4) is 11.5 Å². The number of fused-ring (bicyclic) bond motifs is 1. The minimum atomic E-state index is -0.852. The number of allylic oxidation sites excluding steroid dienone is 1. The maximum atomic E-state index is 14.9. The molecule has 0 radical (unpaired) electrons. The molecule has 0 aromatic heterocycles. The van der Waals surface area contributed by atoms with Crippen molar-refractivity contribution < 1.29 is 23.0 Å². The van der Waals surface area contributed by atoms with Crippen molar-refractivity contribution in [3.05, 3.63) is 84.5 Å². The highest BCUT2D eigenvalue weighted by atomic mass is 19.1. The summed E-state index contributed by atoms with van der Waals surface area (Å²) in [5.74, 6) is 0.514. The standard InChI is InChI=1S/C30H34F2O3/c1-3-5-6-20-7-8-22-17-23(10-9-21(22)16-20)24-11-13-26(27(31)18-24)30(33)35-25-12-14-29(28(32)19-25)34-15-4-2/h3-4,11-14,18-23H,1-2,5-10,15-17H2. The second-order valence-corrected chi connectivity index (χ2v) is 9.90. The fourth-order valence-electron chi connectivity index (χ4n) is 5.83. The lowest BCUT2D eigenvalue weighted by Gasteiger charge is -2.42. The Labute approximate surface area is 206 Å². The van der Waals surface area contributed by atoms with Gasteiger partial charge in [-0.25, -0.2) is 13.6 Å². The van der Waals surface area contributed by atoms with Gasteiger partial charge < -0.3 is 9.47 Å². The number of esters is 1. The van der Waals surface area contributed by atoms with Crippen molar-refractivity contribution in [2.75, 3.05) is 6.61 Å². The fourth-order valence-corrected chi connectivity index (χ4v) is 5.83. The minimum Gasteiger partial charge on any atom is -0.486 e. The van der Waals surface area contributed by atoms with Crippen LogP contribution in [-0.2, 0) is 0 Å². The Balaban J connectivity index is 1.36. The quantitative estimate of drug-likeness (QED) is 0.207. The Morgan fingerprint density at radius 1 is 0.943 bits per heavy atom. The van der Waals surface area contributed by atoms with Crippen molar-refractivity contribution in [2.45, 2.75) is 57.3 Å². The second-order valence-electron chi connectivity index (χ2n) is 9.90. The molecule has 0 N–H and O–H groups in total. The van der Waals surface area contributed by atoms with Crippen molar-refractivity contribution >= 4 is 5.97 Å². The Hall–Kier alpha value is -2.95. The Kier molecular flexibility index (Phi) is 8.37. The molecule has 2 aromatic carbocycles. The molecule has 2 aliphatic rings. The molecule has 2 saturated carbocycles. The SMILES string of the molecule is C=CCCC1CCC2CC(c3ccc(C(=O)Oc4ccc(OCC=C)c(F)c4)c(F)c3)CCC2C1. The van der Waals surface area contributed by atoms with Crippen LogP contribution in [0.3, 0.4) is 0 Å². The first-order chi connectivity index (χ1) is 17.0. The van der Waals surface area contributed by atoms with Gasteiger partial charge in [-0.05, 0) is 98.4 Å². The van der Waals surface area contributed by atoms with Crippen molar-refractivity contribution in [2.24, 2.45) is 17.8 Å². The molecule has 0 amide bonds. The van der Waals surface area contributed by atoms with E-state index in [1.807, 2.05) is 12.1 Å². The summed E-state index contributed by atoms with van der Waals surface area (Å²) in [6.45, 7) is 7.52. The second kappa shape index (κ2) is 11.7. The number of hydrogen-bond donors (Lipinski definition) is 0. The van der Waals surface area contributed by atoms with E-state index in [0.29, 0.717) is 11.8 Å². The predicted octanol–water partition coefficient (Wildman–Crippen LogP) is 8.02. The molecule has 4 rings (SSSR count). The van der Waals surface area contributed by atoms with E-state index >= 15 is 0 Å². The van der Waals surface area contributed by atoms with E-state index in [-0.39, 0.29) is 23.7 Å². The number of carbonyl (C=O) groups excluding carboxylic acids is 1. The maximum Gasteiger partial charge on any atom is 0.346 e. The van der Waals surface area contributed by atoms with Gasteiger partial charge in [0.1, 0.15) is 18.2 Å². The molecule has 4 unspecified atom stereocenters. The molecule has 2 aliphatic carbocycles. The van der Waals surface area contributed by atoms with E-state index in [2.05, 4.69) is 13.2 Å². The van der Waals surface area contributed by atoms with E-state index in [0.717, 1.165) is 42.7 Å². The summed E-state index contributed by atoms with van der Waals surface area (Å²) in [6, 6.07) is 8.63. The average Bonchev–Trinajstić information content (AvgIpc) is 2.86. The summed E-state index contributed by atoms with van der Waals surface area (Å²) in [5.41, 5.74) is 0.790. The average molecular weight is 481 g/mol. The Morgan fingerprint density at radius 2 is 1.74 bits per heavy atom. The molecule has 2 aromatic rings. The highest BCUT2D eigenvalue weighted by Crippen LogP contribution is 2.48. The number of rotatable bonds is 9. The number of hydrogen-bond acceptors (Lipinski definition) is 3. The van der Waals surface area contributed by atoms with Crippen LogP contribution in [0.2, 0.25) is 0 Å². The lowest BCUT2D eigenvalue weighted by atomic mass is 9.63. The summed E-state index contributed by atoms with van der Waals surface area (Å²) >= 11 is 0. The zero-order valence-electron chi connectivity index (χ0n) is 20.2. The van der Waals surface area contributed by atoms with Crippen LogP contribution in [0.5, 0.6) is 11.5 Å². The molecule has 0 bridgehead atoms.